The molecule has 0 atom stereocenters. The van der Waals surface area contributed by atoms with E-state index in [9.17, 15) is 0 Å². The van der Waals surface area contributed by atoms with Crippen LogP contribution in [0.3, 0.4) is 0 Å². The van der Waals surface area contributed by atoms with Crippen LogP contribution in [0.4, 0.5) is 0 Å². The molecule has 0 spiro atoms. The van der Waals surface area contributed by atoms with Crippen LogP contribution in [0.15, 0.2) is 36.4 Å². The van der Waals surface area contributed by atoms with E-state index in [4.69, 9.17) is 39.5 Å². The summed E-state index contributed by atoms with van der Waals surface area (Å²) in [7, 11) is 1.87. The molecule has 5 heteroatoms. The maximum Gasteiger partial charge on any atom is 0.146 e. The predicted octanol–water partition coefficient (Wildman–Crippen LogP) is 5.16. The molecule has 0 radical (unpaired) electrons. The van der Waals surface area contributed by atoms with Crippen LogP contribution < -0.4 is 10.1 Å². The molecule has 0 aliphatic rings. The molecule has 0 saturated heterocycles. The fourth-order valence-electron chi connectivity index (χ4n) is 1.64. The van der Waals surface area contributed by atoms with Gasteiger partial charge in [-0.1, -0.05) is 40.9 Å². The van der Waals surface area contributed by atoms with Crippen molar-refractivity contribution in [1.29, 1.82) is 0 Å². The molecular weight excluding hydrogens is 305 g/mol. The first-order valence-electron chi connectivity index (χ1n) is 5.66. The van der Waals surface area contributed by atoms with Gasteiger partial charge in [0.1, 0.15) is 11.5 Å². The van der Waals surface area contributed by atoms with Crippen LogP contribution in [-0.2, 0) is 6.54 Å². The standard InChI is InChI=1S/C14H12Cl3NO/c1-18-8-9-2-3-11(16)7-14(9)19-13-5-4-10(15)6-12(13)17/h2-7,18H,8H2,1H3. The lowest BCUT2D eigenvalue weighted by Gasteiger charge is -2.12. The smallest absolute Gasteiger partial charge is 0.146 e. The lowest BCUT2D eigenvalue weighted by Crippen LogP contribution is -2.06. The molecule has 0 bridgehead atoms. The lowest BCUT2D eigenvalue weighted by atomic mass is 10.2. The van der Waals surface area contributed by atoms with Crippen molar-refractivity contribution >= 4 is 34.8 Å². The number of hydrogen-bond acceptors (Lipinski definition) is 2. The molecule has 0 aliphatic carbocycles. The molecule has 2 aromatic carbocycles. The van der Waals surface area contributed by atoms with Gasteiger partial charge in [-0.2, -0.15) is 0 Å². The average molecular weight is 317 g/mol. The number of ether oxygens (including phenoxy) is 1. The summed E-state index contributed by atoms with van der Waals surface area (Å²) in [6, 6.07) is 10.6. The summed E-state index contributed by atoms with van der Waals surface area (Å²) in [4.78, 5) is 0. The zero-order valence-electron chi connectivity index (χ0n) is 10.2. The van der Waals surface area contributed by atoms with Gasteiger partial charge in [0.05, 0.1) is 5.02 Å². The molecule has 2 nitrogen and oxygen atoms in total. The van der Waals surface area contributed by atoms with Crippen LogP contribution in [-0.4, -0.2) is 7.05 Å². The van der Waals surface area contributed by atoms with Crippen LogP contribution >= 0.6 is 34.8 Å². The van der Waals surface area contributed by atoms with Gasteiger partial charge in [0.25, 0.3) is 0 Å². The molecule has 0 aromatic heterocycles. The van der Waals surface area contributed by atoms with Crippen LogP contribution in [0, 0.1) is 0 Å². The Morgan fingerprint density at radius 1 is 0.947 bits per heavy atom. The first kappa shape index (κ1) is 14.5. The fraction of sp³-hybridized carbons (Fsp3) is 0.143. The summed E-state index contributed by atoms with van der Waals surface area (Å²) in [6.45, 7) is 0.678. The lowest BCUT2D eigenvalue weighted by molar-refractivity contribution is 0.474. The van der Waals surface area contributed by atoms with Crippen molar-refractivity contribution in [3.05, 3.63) is 57.0 Å². The highest BCUT2D eigenvalue weighted by atomic mass is 35.5. The predicted molar refractivity (Wildman–Crippen MR) is 80.8 cm³/mol. The van der Waals surface area contributed by atoms with Crippen molar-refractivity contribution in [2.75, 3.05) is 7.05 Å². The number of halogens is 3. The van der Waals surface area contributed by atoms with Gasteiger partial charge in [-0.25, -0.2) is 0 Å². The third-order valence-electron chi connectivity index (χ3n) is 2.51. The van der Waals surface area contributed by atoms with Gasteiger partial charge in [0.15, 0.2) is 0 Å². The van der Waals surface area contributed by atoms with Crippen LogP contribution in [0.25, 0.3) is 0 Å². The highest BCUT2D eigenvalue weighted by Gasteiger charge is 2.08. The van der Waals surface area contributed by atoms with E-state index < -0.39 is 0 Å². The van der Waals surface area contributed by atoms with Crippen LogP contribution in [0.2, 0.25) is 15.1 Å². The Hall–Kier alpha value is -0.930. The van der Waals surface area contributed by atoms with Gasteiger partial charge in [0.2, 0.25) is 0 Å². The van der Waals surface area contributed by atoms with E-state index in [0.29, 0.717) is 33.1 Å². The Morgan fingerprint density at radius 2 is 1.63 bits per heavy atom. The molecule has 0 unspecified atom stereocenters. The van der Waals surface area contributed by atoms with Gasteiger partial charge in [-0.15, -0.1) is 0 Å². The third kappa shape index (κ3) is 3.77. The third-order valence-corrected chi connectivity index (χ3v) is 3.28. The number of hydrogen-bond donors (Lipinski definition) is 1. The van der Waals surface area contributed by atoms with E-state index in [2.05, 4.69) is 5.32 Å². The van der Waals surface area contributed by atoms with E-state index in [1.807, 2.05) is 19.2 Å². The van der Waals surface area contributed by atoms with Crippen molar-refractivity contribution in [3.8, 4) is 11.5 Å². The normalized spacial score (nSPS) is 10.5. The molecule has 1 N–H and O–H groups in total. The van der Waals surface area contributed by atoms with E-state index in [0.717, 1.165) is 5.56 Å². The van der Waals surface area contributed by atoms with E-state index in [-0.39, 0.29) is 0 Å². The molecule has 0 saturated carbocycles. The summed E-state index contributed by atoms with van der Waals surface area (Å²) in [5, 5.41) is 4.72. The Labute approximate surface area is 127 Å². The number of benzene rings is 2. The van der Waals surface area contributed by atoms with E-state index in [1.165, 1.54) is 0 Å². The van der Waals surface area contributed by atoms with E-state index >= 15 is 0 Å². The van der Waals surface area contributed by atoms with Gasteiger partial charge < -0.3 is 10.1 Å². The second-order valence-corrected chi connectivity index (χ2v) is 5.24. The zero-order chi connectivity index (χ0) is 13.8. The summed E-state index contributed by atoms with van der Waals surface area (Å²) < 4.78 is 5.81. The maximum absolute atomic E-state index is 6.09. The number of nitrogens with one attached hydrogen (secondary N) is 1. The number of rotatable bonds is 4. The first-order valence-corrected chi connectivity index (χ1v) is 6.79. The molecule has 0 fully saturated rings. The van der Waals surface area contributed by atoms with Gasteiger partial charge in [-0.05, 0) is 37.4 Å². The highest BCUT2D eigenvalue weighted by molar-refractivity contribution is 6.35. The summed E-state index contributed by atoms with van der Waals surface area (Å²) in [5.41, 5.74) is 0.998. The maximum atomic E-state index is 6.09. The highest BCUT2D eigenvalue weighted by Crippen LogP contribution is 2.34. The van der Waals surface area contributed by atoms with E-state index in [1.54, 1.807) is 24.3 Å². The Morgan fingerprint density at radius 3 is 2.32 bits per heavy atom. The Bertz CT molecular complexity index is 587. The van der Waals surface area contributed by atoms with Crippen molar-refractivity contribution in [2.45, 2.75) is 6.54 Å². The minimum absolute atomic E-state index is 0.461. The molecular formula is C14H12Cl3NO. The van der Waals surface area contributed by atoms with Crippen LogP contribution in [0.5, 0.6) is 11.5 Å². The summed E-state index contributed by atoms with van der Waals surface area (Å²) in [6.07, 6.45) is 0. The molecule has 2 rings (SSSR count). The fourth-order valence-corrected chi connectivity index (χ4v) is 2.25. The topological polar surface area (TPSA) is 21.3 Å². The zero-order valence-corrected chi connectivity index (χ0v) is 12.5. The summed E-state index contributed by atoms with van der Waals surface area (Å²) >= 11 is 17.9. The average Bonchev–Trinajstić information content (AvgIpc) is 2.36. The van der Waals surface area contributed by atoms with Crippen molar-refractivity contribution in [3.63, 3.8) is 0 Å². The minimum atomic E-state index is 0.461. The largest absolute Gasteiger partial charge is 0.455 e. The van der Waals surface area contributed by atoms with Crippen molar-refractivity contribution in [2.24, 2.45) is 0 Å². The Kier molecular flexibility index (Phi) is 4.94. The van der Waals surface area contributed by atoms with Crippen molar-refractivity contribution in [1.82, 2.24) is 5.32 Å². The van der Waals surface area contributed by atoms with Gasteiger partial charge in [0, 0.05) is 22.2 Å². The second-order valence-electron chi connectivity index (χ2n) is 3.96. The van der Waals surface area contributed by atoms with Crippen LogP contribution in [0.1, 0.15) is 5.56 Å². The minimum Gasteiger partial charge on any atom is -0.455 e. The van der Waals surface area contributed by atoms with Gasteiger partial charge >= 0.3 is 0 Å². The molecule has 0 aliphatic heterocycles. The Balaban J connectivity index is 2.33. The molecule has 0 heterocycles. The molecule has 2 aromatic rings. The molecule has 100 valence electrons. The molecule has 19 heavy (non-hydrogen) atoms. The van der Waals surface area contributed by atoms with Gasteiger partial charge in [-0.3, -0.25) is 0 Å². The SMILES string of the molecule is CNCc1ccc(Cl)cc1Oc1ccc(Cl)cc1Cl. The second kappa shape index (κ2) is 6.49. The summed E-state index contributed by atoms with van der Waals surface area (Å²) in [5.74, 6) is 1.22. The first-order chi connectivity index (χ1) is 9.10. The monoisotopic (exact) mass is 315 g/mol. The molecule has 0 amide bonds. The van der Waals surface area contributed by atoms with Crippen molar-refractivity contribution < 1.29 is 4.74 Å². The quantitative estimate of drug-likeness (QED) is 0.841.